The van der Waals surface area contributed by atoms with Crippen LogP contribution in [0.5, 0.6) is 17.2 Å². The summed E-state index contributed by atoms with van der Waals surface area (Å²) in [6.07, 6.45) is 6.46. The van der Waals surface area contributed by atoms with Crippen molar-refractivity contribution >= 4 is 11.7 Å². The minimum Gasteiger partial charge on any atom is -0.493 e. The molecule has 0 radical (unpaired) electrons. The Labute approximate surface area is 210 Å². The Balaban J connectivity index is 1.22. The van der Waals surface area contributed by atoms with Crippen LogP contribution in [0.2, 0.25) is 0 Å². The topological polar surface area (TPSA) is 103 Å². The fourth-order valence-corrected chi connectivity index (χ4v) is 4.92. The first kappa shape index (κ1) is 23.9. The largest absolute Gasteiger partial charge is 0.493 e. The number of methoxy groups -OCH3 is 3. The summed E-state index contributed by atoms with van der Waals surface area (Å²) in [5.74, 6) is 3.87. The number of carbonyl (C=O) groups is 1. The molecule has 3 heterocycles. The molecule has 0 bridgehead atoms. The number of hydrogen-bond donors (Lipinski definition) is 0. The normalized spacial score (nSPS) is 16.3. The van der Waals surface area contributed by atoms with Gasteiger partial charge in [0, 0.05) is 49.4 Å². The average molecular weight is 494 g/mol. The number of hydrogen-bond acceptors (Lipinski definition) is 9. The second kappa shape index (κ2) is 10.4. The van der Waals surface area contributed by atoms with Gasteiger partial charge in [-0.05, 0) is 37.1 Å². The average Bonchev–Trinajstić information content (AvgIpc) is 3.65. The predicted molar refractivity (Wildman–Crippen MR) is 133 cm³/mol. The number of amides is 1. The molecule has 1 saturated heterocycles. The van der Waals surface area contributed by atoms with E-state index in [4.69, 9.17) is 18.7 Å². The molecule has 2 aromatic heterocycles. The van der Waals surface area contributed by atoms with E-state index in [1.54, 1.807) is 18.3 Å². The van der Waals surface area contributed by atoms with Crippen molar-refractivity contribution in [2.75, 3.05) is 52.4 Å². The number of piperazine rings is 1. The number of ether oxygens (including phenoxy) is 3. The number of nitrogens with zero attached hydrogens (tertiary/aromatic N) is 5. The quantitative estimate of drug-likeness (QED) is 0.486. The number of benzene rings is 1. The molecule has 3 aromatic rings. The predicted octanol–water partition coefficient (Wildman–Crippen LogP) is 3.78. The Hall–Kier alpha value is -3.82. The molecule has 190 valence electrons. The van der Waals surface area contributed by atoms with Crippen LogP contribution in [-0.2, 0) is 0 Å². The summed E-state index contributed by atoms with van der Waals surface area (Å²) in [5.41, 5.74) is 1.33. The molecule has 0 unspecified atom stereocenters. The van der Waals surface area contributed by atoms with Crippen LogP contribution in [0, 0.1) is 0 Å². The van der Waals surface area contributed by atoms with Crippen LogP contribution in [0.25, 0.3) is 11.4 Å². The molecule has 5 rings (SSSR count). The third-order valence-corrected chi connectivity index (χ3v) is 6.95. The maximum absolute atomic E-state index is 13.2. The van der Waals surface area contributed by atoms with E-state index in [2.05, 4.69) is 20.0 Å². The van der Waals surface area contributed by atoms with E-state index < -0.39 is 0 Å². The summed E-state index contributed by atoms with van der Waals surface area (Å²) in [7, 11) is 4.61. The zero-order valence-corrected chi connectivity index (χ0v) is 20.9. The number of pyridine rings is 1. The van der Waals surface area contributed by atoms with Crippen molar-refractivity contribution in [1.82, 2.24) is 20.0 Å². The van der Waals surface area contributed by atoms with Gasteiger partial charge in [0.1, 0.15) is 5.82 Å². The molecule has 1 aromatic carbocycles. The minimum atomic E-state index is -0.0765. The van der Waals surface area contributed by atoms with Crippen LogP contribution in [0.1, 0.15) is 47.8 Å². The minimum absolute atomic E-state index is 0.0765. The highest BCUT2D eigenvalue weighted by Gasteiger charge is 2.26. The molecule has 0 N–H and O–H groups in total. The van der Waals surface area contributed by atoms with Gasteiger partial charge >= 0.3 is 0 Å². The highest BCUT2D eigenvalue weighted by Crippen LogP contribution is 2.38. The Bertz CT molecular complexity index is 1170. The fourth-order valence-electron chi connectivity index (χ4n) is 4.92. The van der Waals surface area contributed by atoms with Gasteiger partial charge in [0.15, 0.2) is 11.5 Å². The highest BCUT2D eigenvalue weighted by atomic mass is 16.5. The maximum atomic E-state index is 13.2. The molecule has 1 aliphatic carbocycles. The first-order chi connectivity index (χ1) is 17.6. The molecule has 36 heavy (non-hydrogen) atoms. The van der Waals surface area contributed by atoms with Crippen molar-refractivity contribution in [1.29, 1.82) is 0 Å². The number of rotatable bonds is 7. The smallest absolute Gasteiger partial charge is 0.254 e. The lowest BCUT2D eigenvalue weighted by Gasteiger charge is -2.35. The maximum Gasteiger partial charge on any atom is 0.254 e. The van der Waals surface area contributed by atoms with Gasteiger partial charge in [0.2, 0.25) is 17.5 Å². The Morgan fingerprint density at radius 2 is 1.67 bits per heavy atom. The van der Waals surface area contributed by atoms with Crippen molar-refractivity contribution < 1.29 is 23.5 Å². The molecule has 10 nitrogen and oxygen atoms in total. The first-order valence-corrected chi connectivity index (χ1v) is 12.3. The summed E-state index contributed by atoms with van der Waals surface area (Å²) in [6, 6.07) is 7.31. The number of aromatic nitrogens is 3. The van der Waals surface area contributed by atoms with Gasteiger partial charge in [-0.1, -0.05) is 18.0 Å². The van der Waals surface area contributed by atoms with Crippen molar-refractivity contribution in [3.8, 4) is 28.6 Å². The van der Waals surface area contributed by atoms with Gasteiger partial charge in [-0.15, -0.1) is 0 Å². The van der Waals surface area contributed by atoms with E-state index in [1.165, 1.54) is 34.2 Å². The molecule has 0 spiro atoms. The van der Waals surface area contributed by atoms with Crippen molar-refractivity contribution in [2.45, 2.75) is 31.6 Å². The van der Waals surface area contributed by atoms with E-state index in [-0.39, 0.29) is 5.91 Å². The zero-order chi connectivity index (χ0) is 25.1. The van der Waals surface area contributed by atoms with Gasteiger partial charge in [0.05, 0.1) is 21.3 Å². The SMILES string of the molecule is COc1cc(C(=O)N2CCN(c3ccc(-c4noc(C5CCCC5)n4)cn3)CC2)cc(OC)c1OC. The van der Waals surface area contributed by atoms with E-state index in [0.29, 0.717) is 60.7 Å². The van der Waals surface area contributed by atoms with Crippen molar-refractivity contribution in [3.63, 3.8) is 0 Å². The van der Waals surface area contributed by atoms with E-state index in [0.717, 1.165) is 30.1 Å². The molecular weight excluding hydrogens is 462 g/mol. The summed E-state index contributed by atoms with van der Waals surface area (Å²) < 4.78 is 21.7. The Kier molecular flexibility index (Phi) is 6.92. The summed E-state index contributed by atoms with van der Waals surface area (Å²) >= 11 is 0. The van der Waals surface area contributed by atoms with Gasteiger partial charge in [-0.25, -0.2) is 4.98 Å². The summed E-state index contributed by atoms with van der Waals surface area (Å²) in [5, 5.41) is 4.16. The Morgan fingerprint density at radius 1 is 0.972 bits per heavy atom. The van der Waals surface area contributed by atoms with Crippen LogP contribution < -0.4 is 19.1 Å². The third kappa shape index (κ3) is 4.67. The molecule has 1 aliphatic heterocycles. The van der Waals surface area contributed by atoms with Crippen LogP contribution >= 0.6 is 0 Å². The van der Waals surface area contributed by atoms with Crippen molar-refractivity contribution in [2.24, 2.45) is 0 Å². The molecule has 0 atom stereocenters. The van der Waals surface area contributed by atoms with E-state index >= 15 is 0 Å². The second-order valence-corrected chi connectivity index (χ2v) is 9.04. The van der Waals surface area contributed by atoms with Crippen molar-refractivity contribution in [3.05, 3.63) is 41.9 Å². The molecular formula is C26H31N5O5. The monoisotopic (exact) mass is 493 g/mol. The lowest BCUT2D eigenvalue weighted by atomic mass is 10.1. The summed E-state index contributed by atoms with van der Waals surface area (Å²) in [6.45, 7) is 2.51. The van der Waals surface area contributed by atoms with Crippen LogP contribution in [0.3, 0.4) is 0 Å². The highest BCUT2D eigenvalue weighted by molar-refractivity contribution is 5.95. The zero-order valence-electron chi connectivity index (χ0n) is 20.9. The van der Waals surface area contributed by atoms with Gasteiger partial charge in [-0.2, -0.15) is 4.98 Å². The van der Waals surface area contributed by atoms with Crippen LogP contribution in [-0.4, -0.2) is 73.4 Å². The molecule has 1 amide bonds. The third-order valence-electron chi connectivity index (χ3n) is 6.95. The van der Waals surface area contributed by atoms with Crippen LogP contribution in [0.15, 0.2) is 35.0 Å². The second-order valence-electron chi connectivity index (χ2n) is 9.04. The fraction of sp³-hybridized carbons (Fsp3) is 0.462. The Morgan fingerprint density at radius 3 is 2.25 bits per heavy atom. The molecule has 1 saturated carbocycles. The van der Waals surface area contributed by atoms with Gasteiger partial charge in [-0.3, -0.25) is 4.79 Å². The van der Waals surface area contributed by atoms with E-state index in [1.807, 2.05) is 17.0 Å². The number of anilines is 1. The van der Waals surface area contributed by atoms with Gasteiger partial charge < -0.3 is 28.5 Å². The number of carbonyl (C=O) groups excluding carboxylic acids is 1. The molecule has 2 fully saturated rings. The van der Waals surface area contributed by atoms with Gasteiger partial charge in [0.25, 0.3) is 5.91 Å². The lowest BCUT2D eigenvalue weighted by Crippen LogP contribution is -2.49. The summed E-state index contributed by atoms with van der Waals surface area (Å²) in [4.78, 5) is 26.4. The first-order valence-electron chi connectivity index (χ1n) is 12.3. The standard InChI is InChI=1S/C26H31N5O5/c1-33-20-14-19(15-21(34-2)23(20)35-3)26(32)31-12-10-30(11-13-31)22-9-8-18(16-27-22)24-28-25(36-29-24)17-6-4-5-7-17/h8-9,14-17H,4-7,10-13H2,1-3H3. The molecule has 2 aliphatic rings. The van der Waals surface area contributed by atoms with E-state index in [9.17, 15) is 4.79 Å². The lowest BCUT2D eigenvalue weighted by molar-refractivity contribution is 0.0745. The molecule has 10 heteroatoms. The van der Waals surface area contributed by atoms with Crippen LogP contribution in [0.4, 0.5) is 5.82 Å².